The molecule has 146 valence electrons. The molecule has 0 unspecified atom stereocenters. The number of nitrogens with one attached hydrogen (secondary N) is 1. The second-order valence-corrected chi connectivity index (χ2v) is 7.76. The Balaban J connectivity index is 1.43. The topological polar surface area (TPSA) is 43.3 Å². The fourth-order valence-corrected chi connectivity index (χ4v) is 3.95. The molecular weight excluding hydrogens is 375 g/mol. The molecule has 0 amide bonds. The lowest BCUT2D eigenvalue weighted by Gasteiger charge is -2.33. The molecule has 8 heteroatoms. The number of piperazine rings is 1. The molecule has 0 radical (unpaired) electrons. The standard InChI is InChI=1S/C20H23FN6S/c1-15-11-16(2)13-19(12-15)27-20(28)26(22-23-27)14-24-7-9-25(10-8-24)18-5-3-17(21)4-6-18/h3-6,11-13H,7-10,14H2,1-2H3/p+1. The Morgan fingerprint density at radius 1 is 0.964 bits per heavy atom. The molecule has 0 saturated carbocycles. The first-order chi connectivity index (χ1) is 13.5. The van der Waals surface area contributed by atoms with E-state index in [4.69, 9.17) is 12.2 Å². The van der Waals surface area contributed by atoms with E-state index in [1.165, 1.54) is 28.2 Å². The zero-order valence-corrected chi connectivity index (χ0v) is 16.9. The van der Waals surface area contributed by atoms with E-state index in [9.17, 15) is 4.39 Å². The predicted octanol–water partition coefficient (Wildman–Crippen LogP) is 1.92. The van der Waals surface area contributed by atoms with E-state index < -0.39 is 0 Å². The minimum absolute atomic E-state index is 0.200. The van der Waals surface area contributed by atoms with Crippen molar-refractivity contribution < 1.29 is 9.29 Å². The fourth-order valence-electron chi connectivity index (χ4n) is 3.71. The van der Waals surface area contributed by atoms with Crippen LogP contribution in [0, 0.1) is 24.4 Å². The predicted molar refractivity (Wildman–Crippen MR) is 109 cm³/mol. The third-order valence-corrected chi connectivity index (χ3v) is 5.51. The Hall–Kier alpha value is -2.58. The van der Waals surface area contributed by atoms with Crippen molar-refractivity contribution in [3.05, 3.63) is 64.2 Å². The summed E-state index contributed by atoms with van der Waals surface area (Å²) in [5.41, 5.74) is 4.37. The monoisotopic (exact) mass is 399 g/mol. The number of hydrogen-bond acceptors (Lipinski definition) is 4. The van der Waals surface area contributed by atoms with Gasteiger partial charge in [0.1, 0.15) is 5.82 Å². The molecule has 1 N–H and O–H groups in total. The van der Waals surface area contributed by atoms with Gasteiger partial charge in [-0.15, -0.1) is 0 Å². The van der Waals surface area contributed by atoms with Crippen LogP contribution in [0.2, 0.25) is 0 Å². The summed E-state index contributed by atoms with van der Waals surface area (Å²) in [7, 11) is 0. The van der Waals surface area contributed by atoms with Crippen molar-refractivity contribution in [1.29, 1.82) is 0 Å². The van der Waals surface area contributed by atoms with Gasteiger partial charge in [-0.1, -0.05) is 6.07 Å². The highest BCUT2D eigenvalue weighted by Crippen LogP contribution is 2.15. The van der Waals surface area contributed by atoms with Gasteiger partial charge >= 0.3 is 0 Å². The van der Waals surface area contributed by atoms with Crippen LogP contribution in [0.5, 0.6) is 0 Å². The second kappa shape index (κ2) is 7.81. The maximum Gasteiger partial charge on any atom is 0.225 e. The van der Waals surface area contributed by atoms with Crippen LogP contribution < -0.4 is 9.80 Å². The van der Waals surface area contributed by atoms with Crippen LogP contribution in [0.25, 0.3) is 5.69 Å². The van der Waals surface area contributed by atoms with Crippen LogP contribution in [0.3, 0.4) is 0 Å². The first-order valence-electron chi connectivity index (χ1n) is 9.45. The molecule has 2 heterocycles. The molecule has 1 aliphatic heterocycles. The number of tetrazole rings is 1. The number of quaternary nitrogens is 1. The van der Waals surface area contributed by atoms with Crippen molar-refractivity contribution in [2.24, 2.45) is 0 Å². The SMILES string of the molecule is Cc1cc(C)cc(-n2nnn(C[NH+]3CCN(c4ccc(F)cc4)CC3)c2=S)c1. The highest BCUT2D eigenvalue weighted by Gasteiger charge is 2.21. The van der Waals surface area contributed by atoms with E-state index >= 15 is 0 Å². The van der Waals surface area contributed by atoms with Crippen LogP contribution in [0.1, 0.15) is 11.1 Å². The van der Waals surface area contributed by atoms with Gasteiger partial charge in [0.25, 0.3) is 0 Å². The highest BCUT2D eigenvalue weighted by atomic mass is 32.1. The van der Waals surface area contributed by atoms with E-state index in [-0.39, 0.29) is 5.82 Å². The zero-order chi connectivity index (χ0) is 19.7. The van der Waals surface area contributed by atoms with Crippen LogP contribution in [-0.4, -0.2) is 46.0 Å². The Kier molecular flexibility index (Phi) is 5.23. The van der Waals surface area contributed by atoms with Crippen molar-refractivity contribution in [2.75, 3.05) is 31.1 Å². The van der Waals surface area contributed by atoms with Crippen molar-refractivity contribution in [3.8, 4) is 5.69 Å². The molecule has 4 rings (SSSR count). The minimum atomic E-state index is -0.200. The van der Waals surface area contributed by atoms with Gasteiger partial charge < -0.3 is 9.80 Å². The van der Waals surface area contributed by atoms with Crippen LogP contribution >= 0.6 is 12.2 Å². The van der Waals surface area contributed by atoms with Gasteiger partial charge in [-0.2, -0.15) is 9.36 Å². The molecule has 1 fully saturated rings. The molecule has 28 heavy (non-hydrogen) atoms. The third-order valence-electron chi connectivity index (χ3n) is 5.13. The minimum Gasteiger partial charge on any atom is -0.360 e. The molecule has 1 aliphatic rings. The van der Waals surface area contributed by atoms with Gasteiger partial charge in [0.2, 0.25) is 4.77 Å². The number of benzene rings is 2. The summed E-state index contributed by atoms with van der Waals surface area (Å²) in [5, 5.41) is 8.55. The number of rotatable bonds is 4. The molecule has 1 saturated heterocycles. The summed E-state index contributed by atoms with van der Waals surface area (Å²) >= 11 is 5.62. The van der Waals surface area contributed by atoms with E-state index in [0.29, 0.717) is 11.4 Å². The van der Waals surface area contributed by atoms with Crippen LogP contribution in [-0.2, 0) is 6.67 Å². The number of aromatic nitrogens is 4. The molecule has 0 spiro atoms. The second-order valence-electron chi connectivity index (χ2n) is 7.39. The number of aryl methyl sites for hydroxylation is 2. The summed E-state index contributed by atoms with van der Waals surface area (Å²) in [5.74, 6) is -0.200. The van der Waals surface area contributed by atoms with Gasteiger partial charge in [0.05, 0.1) is 31.9 Å². The lowest BCUT2D eigenvalue weighted by atomic mass is 10.1. The van der Waals surface area contributed by atoms with Gasteiger partial charge in [0, 0.05) is 5.69 Å². The highest BCUT2D eigenvalue weighted by molar-refractivity contribution is 7.71. The maximum atomic E-state index is 13.1. The van der Waals surface area contributed by atoms with E-state index in [0.717, 1.165) is 37.6 Å². The van der Waals surface area contributed by atoms with Gasteiger partial charge in [-0.05, 0) is 84.0 Å². The number of halogens is 1. The molecule has 2 aromatic carbocycles. The van der Waals surface area contributed by atoms with Crippen LogP contribution in [0.15, 0.2) is 42.5 Å². The smallest absolute Gasteiger partial charge is 0.225 e. The average Bonchev–Trinajstić information content (AvgIpc) is 3.03. The summed E-state index contributed by atoms with van der Waals surface area (Å²) in [4.78, 5) is 3.69. The molecular formula is C20H24FN6S+. The van der Waals surface area contributed by atoms with Crippen molar-refractivity contribution in [2.45, 2.75) is 20.5 Å². The summed E-state index contributed by atoms with van der Waals surface area (Å²) in [6.07, 6.45) is 0. The first kappa shape index (κ1) is 18.8. The summed E-state index contributed by atoms with van der Waals surface area (Å²) in [6, 6.07) is 13.0. The maximum absolute atomic E-state index is 13.1. The number of anilines is 1. The number of hydrogen-bond donors (Lipinski definition) is 1. The largest absolute Gasteiger partial charge is 0.360 e. The summed E-state index contributed by atoms with van der Waals surface area (Å²) in [6.45, 7) is 8.59. The van der Waals surface area contributed by atoms with E-state index in [2.05, 4.69) is 47.4 Å². The van der Waals surface area contributed by atoms with Gasteiger partial charge in [-0.3, -0.25) is 0 Å². The Labute approximate surface area is 168 Å². The first-order valence-corrected chi connectivity index (χ1v) is 9.86. The van der Waals surface area contributed by atoms with Crippen LogP contribution in [0.4, 0.5) is 10.1 Å². The van der Waals surface area contributed by atoms with Gasteiger partial charge in [-0.25, -0.2) is 4.39 Å². The van der Waals surface area contributed by atoms with E-state index in [1.807, 2.05) is 12.1 Å². The van der Waals surface area contributed by atoms with Crippen molar-refractivity contribution in [3.63, 3.8) is 0 Å². The molecule has 0 atom stereocenters. The molecule has 1 aromatic heterocycles. The Morgan fingerprint density at radius 3 is 2.25 bits per heavy atom. The molecule has 0 aliphatic carbocycles. The fraction of sp³-hybridized carbons (Fsp3) is 0.350. The summed E-state index contributed by atoms with van der Waals surface area (Å²) < 4.78 is 17.3. The molecule has 3 aromatic rings. The zero-order valence-electron chi connectivity index (χ0n) is 16.1. The Morgan fingerprint density at radius 2 is 1.61 bits per heavy atom. The van der Waals surface area contributed by atoms with Crippen molar-refractivity contribution in [1.82, 2.24) is 19.8 Å². The normalized spacial score (nSPS) is 15.2. The lowest BCUT2D eigenvalue weighted by Crippen LogP contribution is -3.14. The van der Waals surface area contributed by atoms with Gasteiger partial charge in [0.15, 0.2) is 6.67 Å². The third kappa shape index (κ3) is 3.98. The Bertz CT molecular complexity index is 998. The van der Waals surface area contributed by atoms with E-state index in [1.54, 1.807) is 9.36 Å². The quantitative estimate of drug-likeness (QED) is 0.681. The molecule has 6 nitrogen and oxygen atoms in total. The number of nitrogens with zero attached hydrogens (tertiary/aromatic N) is 5. The molecule has 0 bridgehead atoms. The van der Waals surface area contributed by atoms with Crippen molar-refractivity contribution >= 4 is 17.9 Å². The lowest BCUT2D eigenvalue weighted by molar-refractivity contribution is -0.924. The average molecular weight is 400 g/mol.